The van der Waals surface area contributed by atoms with Crippen molar-refractivity contribution >= 4 is 0 Å². The van der Waals surface area contributed by atoms with E-state index in [1.807, 2.05) is 0 Å². The molecule has 0 amide bonds. The van der Waals surface area contributed by atoms with Gasteiger partial charge in [-0.3, -0.25) is 0 Å². The highest BCUT2D eigenvalue weighted by atomic mass is 16.3. The van der Waals surface area contributed by atoms with Crippen LogP contribution in [0.3, 0.4) is 0 Å². The second-order valence-corrected chi connectivity index (χ2v) is 2.98. The minimum absolute atomic E-state index is 0.186. The van der Waals surface area contributed by atoms with Crippen LogP contribution in [0.1, 0.15) is 39.5 Å². The third kappa shape index (κ3) is 7.92. The number of rotatable bonds is 5. The van der Waals surface area contributed by atoms with Gasteiger partial charge in [0, 0.05) is 0 Å². The lowest BCUT2D eigenvalue weighted by Crippen LogP contribution is -2.02. The zero-order valence-electron chi connectivity index (χ0n) is 6.88. The molecule has 0 aromatic rings. The van der Waals surface area contributed by atoms with Gasteiger partial charge in [-0.2, -0.15) is 0 Å². The molecule has 0 radical (unpaired) electrons. The molecular formula is C8H18O2. The maximum atomic E-state index is 8.86. The number of hydrogen-bond donors (Lipinski definition) is 2. The van der Waals surface area contributed by atoms with Crippen LogP contribution in [0.15, 0.2) is 0 Å². The van der Waals surface area contributed by atoms with Crippen LogP contribution >= 0.6 is 0 Å². The van der Waals surface area contributed by atoms with Gasteiger partial charge in [0.2, 0.25) is 0 Å². The second-order valence-electron chi connectivity index (χ2n) is 2.98. The fourth-order valence-electron chi connectivity index (χ4n) is 0.879. The standard InChI is InChI=1S/C8H18O2/c1-7(9)5-3-4-6-8(2)10/h7-10H,3-6H2,1-2H3. The van der Waals surface area contributed by atoms with Crippen molar-refractivity contribution in [1.29, 1.82) is 0 Å². The topological polar surface area (TPSA) is 40.5 Å². The second kappa shape index (κ2) is 5.69. The van der Waals surface area contributed by atoms with Crippen molar-refractivity contribution in [1.82, 2.24) is 0 Å². The van der Waals surface area contributed by atoms with E-state index in [0.717, 1.165) is 25.7 Å². The summed E-state index contributed by atoms with van der Waals surface area (Å²) in [5.41, 5.74) is 0. The molecule has 2 unspecified atom stereocenters. The minimum atomic E-state index is -0.186. The van der Waals surface area contributed by atoms with E-state index < -0.39 is 0 Å². The Labute approximate surface area is 62.9 Å². The van der Waals surface area contributed by atoms with Gasteiger partial charge in [-0.15, -0.1) is 0 Å². The Bertz CT molecular complexity index is 59.7. The van der Waals surface area contributed by atoms with Crippen LogP contribution in [-0.4, -0.2) is 22.4 Å². The summed E-state index contributed by atoms with van der Waals surface area (Å²) in [5.74, 6) is 0. The van der Waals surface area contributed by atoms with E-state index in [-0.39, 0.29) is 12.2 Å². The molecule has 0 aliphatic heterocycles. The van der Waals surface area contributed by atoms with Crippen molar-refractivity contribution in [2.24, 2.45) is 0 Å². The van der Waals surface area contributed by atoms with E-state index in [1.165, 1.54) is 0 Å². The molecule has 10 heavy (non-hydrogen) atoms. The number of aliphatic hydroxyl groups excluding tert-OH is 2. The molecule has 2 N–H and O–H groups in total. The Morgan fingerprint density at radius 3 is 1.40 bits per heavy atom. The maximum absolute atomic E-state index is 8.86. The largest absolute Gasteiger partial charge is 0.393 e. The first-order valence-corrected chi connectivity index (χ1v) is 3.99. The molecule has 0 heterocycles. The lowest BCUT2D eigenvalue weighted by Gasteiger charge is -2.04. The number of unbranched alkanes of at least 4 members (excludes halogenated alkanes) is 1. The molecule has 0 bridgehead atoms. The predicted molar refractivity (Wildman–Crippen MR) is 41.8 cm³/mol. The molecular weight excluding hydrogens is 128 g/mol. The van der Waals surface area contributed by atoms with Gasteiger partial charge < -0.3 is 10.2 Å². The molecule has 2 heteroatoms. The molecule has 0 rings (SSSR count). The van der Waals surface area contributed by atoms with E-state index in [2.05, 4.69) is 0 Å². The smallest absolute Gasteiger partial charge is 0.0512 e. The Morgan fingerprint density at radius 2 is 1.20 bits per heavy atom. The van der Waals surface area contributed by atoms with Crippen molar-refractivity contribution in [2.75, 3.05) is 0 Å². The third-order valence-electron chi connectivity index (χ3n) is 1.49. The molecule has 0 fully saturated rings. The summed E-state index contributed by atoms with van der Waals surface area (Å²) in [7, 11) is 0. The molecule has 62 valence electrons. The summed E-state index contributed by atoms with van der Waals surface area (Å²) >= 11 is 0. The van der Waals surface area contributed by atoms with Gasteiger partial charge in [-0.25, -0.2) is 0 Å². The summed E-state index contributed by atoms with van der Waals surface area (Å²) in [5, 5.41) is 17.7. The monoisotopic (exact) mass is 146 g/mol. The van der Waals surface area contributed by atoms with Crippen molar-refractivity contribution in [2.45, 2.75) is 51.7 Å². The van der Waals surface area contributed by atoms with Crippen LogP contribution in [0.2, 0.25) is 0 Å². The van der Waals surface area contributed by atoms with Gasteiger partial charge >= 0.3 is 0 Å². The molecule has 2 nitrogen and oxygen atoms in total. The fraction of sp³-hybridized carbons (Fsp3) is 1.00. The molecule has 0 saturated heterocycles. The summed E-state index contributed by atoms with van der Waals surface area (Å²) in [6, 6.07) is 0. The highest BCUT2D eigenvalue weighted by Crippen LogP contribution is 2.04. The van der Waals surface area contributed by atoms with E-state index in [1.54, 1.807) is 13.8 Å². The van der Waals surface area contributed by atoms with Gasteiger partial charge in [-0.05, 0) is 26.7 Å². The van der Waals surface area contributed by atoms with Crippen molar-refractivity contribution < 1.29 is 10.2 Å². The van der Waals surface area contributed by atoms with Crippen molar-refractivity contribution in [3.05, 3.63) is 0 Å². The summed E-state index contributed by atoms with van der Waals surface area (Å²) < 4.78 is 0. The van der Waals surface area contributed by atoms with Gasteiger partial charge in [0.15, 0.2) is 0 Å². The van der Waals surface area contributed by atoms with Crippen LogP contribution in [0, 0.1) is 0 Å². The number of aliphatic hydroxyl groups is 2. The maximum Gasteiger partial charge on any atom is 0.0512 e. The molecule has 0 aliphatic carbocycles. The molecule has 0 aromatic heterocycles. The average Bonchev–Trinajstić information content (AvgIpc) is 1.79. The van der Waals surface area contributed by atoms with Gasteiger partial charge in [0.25, 0.3) is 0 Å². The van der Waals surface area contributed by atoms with Crippen molar-refractivity contribution in [3.8, 4) is 0 Å². The van der Waals surface area contributed by atoms with E-state index >= 15 is 0 Å². The highest BCUT2D eigenvalue weighted by Gasteiger charge is 1.97. The van der Waals surface area contributed by atoms with E-state index in [0.29, 0.717) is 0 Å². The molecule has 0 spiro atoms. The summed E-state index contributed by atoms with van der Waals surface area (Å²) in [4.78, 5) is 0. The average molecular weight is 146 g/mol. The molecule has 0 aromatic carbocycles. The number of hydrogen-bond acceptors (Lipinski definition) is 2. The van der Waals surface area contributed by atoms with Gasteiger partial charge in [0.1, 0.15) is 0 Å². The molecule has 0 aliphatic rings. The van der Waals surface area contributed by atoms with Crippen LogP contribution in [0.4, 0.5) is 0 Å². The zero-order valence-corrected chi connectivity index (χ0v) is 6.88. The molecule has 2 atom stereocenters. The SMILES string of the molecule is CC(O)CCCCC(C)O. The zero-order chi connectivity index (χ0) is 7.98. The minimum Gasteiger partial charge on any atom is -0.393 e. The summed E-state index contributed by atoms with van der Waals surface area (Å²) in [6.45, 7) is 3.59. The van der Waals surface area contributed by atoms with Gasteiger partial charge in [-0.1, -0.05) is 12.8 Å². The van der Waals surface area contributed by atoms with Crippen LogP contribution < -0.4 is 0 Å². The Hall–Kier alpha value is -0.0800. The van der Waals surface area contributed by atoms with Crippen LogP contribution in [0.5, 0.6) is 0 Å². The van der Waals surface area contributed by atoms with Gasteiger partial charge in [0.05, 0.1) is 12.2 Å². The van der Waals surface area contributed by atoms with Crippen molar-refractivity contribution in [3.63, 3.8) is 0 Å². The summed E-state index contributed by atoms with van der Waals surface area (Å²) in [6.07, 6.45) is 3.37. The lowest BCUT2D eigenvalue weighted by atomic mass is 10.1. The first kappa shape index (κ1) is 9.92. The lowest BCUT2D eigenvalue weighted by molar-refractivity contribution is 0.163. The Morgan fingerprint density at radius 1 is 0.900 bits per heavy atom. The normalized spacial score (nSPS) is 16.8. The fourth-order valence-corrected chi connectivity index (χ4v) is 0.879. The van der Waals surface area contributed by atoms with E-state index in [4.69, 9.17) is 10.2 Å². The quantitative estimate of drug-likeness (QED) is 0.574. The first-order chi connectivity index (χ1) is 4.63. The van der Waals surface area contributed by atoms with Crippen LogP contribution in [-0.2, 0) is 0 Å². The third-order valence-corrected chi connectivity index (χ3v) is 1.49. The Kier molecular flexibility index (Phi) is 5.64. The van der Waals surface area contributed by atoms with E-state index in [9.17, 15) is 0 Å². The predicted octanol–water partition coefficient (Wildman–Crippen LogP) is 1.31. The highest BCUT2D eigenvalue weighted by molar-refractivity contribution is 4.51. The van der Waals surface area contributed by atoms with Crippen LogP contribution in [0.25, 0.3) is 0 Å². The molecule has 0 saturated carbocycles. The first-order valence-electron chi connectivity index (χ1n) is 3.99. The Balaban J connectivity index is 2.91.